The third-order valence-electron chi connectivity index (χ3n) is 1.19. The van der Waals surface area contributed by atoms with Crippen molar-refractivity contribution in [2.45, 2.75) is 0 Å². The van der Waals surface area contributed by atoms with Crippen molar-refractivity contribution >= 4 is 18.7 Å². The van der Waals surface area contributed by atoms with Gasteiger partial charge in [0, 0.05) is 5.56 Å². The summed E-state index contributed by atoms with van der Waals surface area (Å²) >= 11 is 3.22. The van der Waals surface area contributed by atoms with Crippen LogP contribution in [0.1, 0.15) is 10.4 Å². The maximum atomic E-state index is 12.1. The highest BCUT2D eigenvalue weighted by atomic mass is 32.1. The monoisotopic (exact) mass is 171 g/mol. The topological polar surface area (TPSA) is 20.3 Å². The standard InChI is InChI=1S/C7H6FNOS/c8-9(11)7(10)6-4-2-1-3-5-6/h1-5,11H. The van der Waals surface area contributed by atoms with Crippen molar-refractivity contribution < 1.29 is 9.28 Å². The van der Waals surface area contributed by atoms with E-state index in [1.54, 1.807) is 18.2 Å². The van der Waals surface area contributed by atoms with E-state index in [9.17, 15) is 9.28 Å². The van der Waals surface area contributed by atoms with Crippen LogP contribution in [0.5, 0.6) is 0 Å². The molecule has 0 radical (unpaired) electrons. The van der Waals surface area contributed by atoms with Gasteiger partial charge in [-0.2, -0.15) is 0 Å². The Morgan fingerprint density at radius 3 is 2.36 bits per heavy atom. The molecule has 0 fully saturated rings. The molecule has 11 heavy (non-hydrogen) atoms. The van der Waals surface area contributed by atoms with E-state index in [1.165, 1.54) is 12.1 Å². The zero-order valence-electron chi connectivity index (χ0n) is 5.57. The molecular weight excluding hydrogens is 165 g/mol. The summed E-state index contributed by atoms with van der Waals surface area (Å²) in [7, 11) is 0. The largest absolute Gasteiger partial charge is 0.291 e. The van der Waals surface area contributed by atoms with Gasteiger partial charge in [-0.3, -0.25) is 4.79 Å². The molecule has 0 saturated carbocycles. The predicted octanol–water partition coefficient (Wildman–Crippen LogP) is 1.86. The zero-order chi connectivity index (χ0) is 8.27. The number of thiol groups is 1. The molecule has 0 aliphatic heterocycles. The second-order valence-electron chi connectivity index (χ2n) is 1.93. The first-order valence-electron chi connectivity index (χ1n) is 2.96. The van der Waals surface area contributed by atoms with Crippen LogP contribution in [-0.4, -0.2) is 10.4 Å². The molecule has 1 amide bonds. The number of carbonyl (C=O) groups is 1. The van der Waals surface area contributed by atoms with E-state index >= 15 is 0 Å². The molecule has 1 aromatic carbocycles. The first-order chi connectivity index (χ1) is 5.22. The van der Waals surface area contributed by atoms with E-state index in [-0.39, 0.29) is 10.1 Å². The molecule has 0 aliphatic rings. The minimum absolute atomic E-state index is 0.241. The fraction of sp³-hybridized carbons (Fsp3) is 0. The summed E-state index contributed by atoms with van der Waals surface area (Å²) in [6.07, 6.45) is 0. The summed E-state index contributed by atoms with van der Waals surface area (Å²) in [5.74, 6) is -0.756. The molecule has 0 aromatic heterocycles. The number of rotatable bonds is 1. The van der Waals surface area contributed by atoms with Gasteiger partial charge in [-0.15, -0.1) is 4.53 Å². The van der Waals surface area contributed by atoms with Gasteiger partial charge in [-0.05, 0) is 24.9 Å². The molecule has 0 spiro atoms. The van der Waals surface area contributed by atoms with Gasteiger partial charge in [0.1, 0.15) is 0 Å². The van der Waals surface area contributed by atoms with E-state index in [0.29, 0.717) is 0 Å². The first kappa shape index (κ1) is 8.07. The summed E-state index contributed by atoms with van der Waals surface area (Å²) in [6.45, 7) is 0. The Bertz CT molecular complexity index is 250. The number of hydrogen-bond donors (Lipinski definition) is 1. The maximum Gasteiger partial charge on any atom is 0.291 e. The van der Waals surface area contributed by atoms with E-state index in [4.69, 9.17) is 0 Å². The molecule has 0 heterocycles. The molecule has 0 N–H and O–H groups in total. The van der Waals surface area contributed by atoms with E-state index < -0.39 is 5.91 Å². The van der Waals surface area contributed by atoms with Crippen molar-refractivity contribution in [3.63, 3.8) is 0 Å². The second-order valence-corrected chi connectivity index (χ2v) is 2.28. The first-order valence-corrected chi connectivity index (χ1v) is 3.36. The molecule has 0 unspecified atom stereocenters. The highest BCUT2D eigenvalue weighted by molar-refractivity contribution is 7.78. The lowest BCUT2D eigenvalue weighted by Gasteiger charge is -2.01. The Morgan fingerprint density at radius 2 is 1.91 bits per heavy atom. The Kier molecular flexibility index (Phi) is 2.48. The third-order valence-corrected chi connectivity index (χ3v) is 1.37. The minimum Gasteiger partial charge on any atom is -0.266 e. The van der Waals surface area contributed by atoms with Gasteiger partial charge < -0.3 is 0 Å². The highest BCUT2D eigenvalue weighted by Gasteiger charge is 2.09. The van der Waals surface area contributed by atoms with Gasteiger partial charge >= 0.3 is 0 Å². The van der Waals surface area contributed by atoms with Gasteiger partial charge in [-0.1, -0.05) is 22.7 Å². The van der Waals surface area contributed by atoms with E-state index in [1.807, 2.05) is 0 Å². The van der Waals surface area contributed by atoms with Crippen LogP contribution in [-0.2, 0) is 0 Å². The molecular formula is C7H6FNOS. The van der Waals surface area contributed by atoms with Crippen LogP contribution in [0.15, 0.2) is 30.3 Å². The fourth-order valence-electron chi connectivity index (χ4n) is 0.687. The number of nitrogens with zero attached hydrogens (tertiary/aromatic N) is 1. The van der Waals surface area contributed by atoms with Gasteiger partial charge in [0.25, 0.3) is 5.91 Å². The van der Waals surface area contributed by atoms with Crippen LogP contribution in [0.2, 0.25) is 0 Å². The lowest BCUT2D eigenvalue weighted by molar-refractivity contribution is 0.0632. The molecule has 0 aliphatic carbocycles. The van der Waals surface area contributed by atoms with Crippen molar-refractivity contribution in [3.8, 4) is 0 Å². The number of hydrogen-bond acceptors (Lipinski definition) is 2. The minimum atomic E-state index is -0.756. The Balaban J connectivity index is 2.86. The smallest absolute Gasteiger partial charge is 0.266 e. The van der Waals surface area contributed by atoms with E-state index in [2.05, 4.69) is 12.8 Å². The van der Waals surface area contributed by atoms with Gasteiger partial charge in [0.05, 0.1) is 0 Å². The molecule has 1 rings (SSSR count). The van der Waals surface area contributed by atoms with E-state index in [0.717, 1.165) is 0 Å². The van der Waals surface area contributed by atoms with Crippen LogP contribution in [0, 0.1) is 0 Å². The highest BCUT2D eigenvalue weighted by Crippen LogP contribution is 2.05. The van der Waals surface area contributed by atoms with Crippen molar-refractivity contribution in [1.82, 2.24) is 4.53 Å². The average molecular weight is 171 g/mol. The summed E-state index contributed by atoms with van der Waals surface area (Å²) in [5.41, 5.74) is 0.282. The van der Waals surface area contributed by atoms with Crippen LogP contribution in [0.4, 0.5) is 4.48 Å². The molecule has 0 atom stereocenters. The zero-order valence-corrected chi connectivity index (χ0v) is 6.46. The summed E-state index contributed by atoms with van der Waals surface area (Å²) in [5, 5.41) is 0. The normalized spacial score (nSPS) is 9.27. The summed E-state index contributed by atoms with van der Waals surface area (Å²) < 4.78 is 11.9. The Labute approximate surface area is 69.1 Å². The predicted molar refractivity (Wildman–Crippen MR) is 42.7 cm³/mol. The average Bonchev–Trinajstić information content (AvgIpc) is 2.05. The fourth-order valence-corrected chi connectivity index (χ4v) is 0.803. The Hall–Kier alpha value is -1.03. The lowest BCUT2D eigenvalue weighted by Crippen LogP contribution is -2.11. The Morgan fingerprint density at radius 1 is 1.36 bits per heavy atom. The van der Waals surface area contributed by atoms with Crippen molar-refractivity contribution in [2.75, 3.05) is 0 Å². The molecule has 0 bridgehead atoms. The van der Waals surface area contributed by atoms with Crippen molar-refractivity contribution in [3.05, 3.63) is 35.9 Å². The summed E-state index contributed by atoms with van der Waals surface area (Å²) in [6, 6.07) is 8.10. The number of halogens is 1. The quantitative estimate of drug-likeness (QED) is 0.505. The van der Waals surface area contributed by atoms with Gasteiger partial charge in [0.15, 0.2) is 0 Å². The third kappa shape index (κ3) is 1.94. The number of benzene rings is 1. The molecule has 58 valence electrons. The van der Waals surface area contributed by atoms with Gasteiger partial charge in [-0.25, -0.2) is 0 Å². The van der Waals surface area contributed by atoms with Gasteiger partial charge in [0.2, 0.25) is 0 Å². The van der Waals surface area contributed by atoms with Crippen LogP contribution in [0.3, 0.4) is 0 Å². The summed E-state index contributed by atoms with van der Waals surface area (Å²) in [4.78, 5) is 10.8. The molecule has 0 saturated heterocycles. The van der Waals surface area contributed by atoms with Crippen molar-refractivity contribution in [1.29, 1.82) is 0 Å². The van der Waals surface area contributed by atoms with Crippen LogP contribution < -0.4 is 0 Å². The second kappa shape index (κ2) is 3.39. The molecule has 4 heteroatoms. The lowest BCUT2D eigenvalue weighted by atomic mass is 10.2. The maximum absolute atomic E-state index is 12.1. The SMILES string of the molecule is O=C(c1ccccc1)N(F)S. The van der Waals surface area contributed by atoms with Crippen LogP contribution >= 0.6 is 12.8 Å². The molecule has 1 aromatic rings. The van der Waals surface area contributed by atoms with Crippen LogP contribution in [0.25, 0.3) is 0 Å². The number of amides is 1. The number of carbonyl (C=O) groups excluding carboxylic acids is 1. The van der Waals surface area contributed by atoms with Crippen molar-refractivity contribution in [2.24, 2.45) is 0 Å². The molecule has 2 nitrogen and oxygen atoms in total.